The smallest absolute Gasteiger partial charge is 0.255 e. The molecule has 1 fully saturated rings. The van der Waals surface area contributed by atoms with E-state index in [1.807, 2.05) is 17.9 Å². The summed E-state index contributed by atoms with van der Waals surface area (Å²) < 4.78 is 0. The molecule has 0 aromatic carbocycles. The van der Waals surface area contributed by atoms with Crippen LogP contribution in [0.25, 0.3) is 0 Å². The van der Waals surface area contributed by atoms with Crippen LogP contribution in [0, 0.1) is 12.8 Å². The van der Waals surface area contributed by atoms with Crippen molar-refractivity contribution in [2.45, 2.75) is 13.8 Å². The molecule has 3 heteroatoms. The number of aryl methyl sites for hydroxylation is 1. The van der Waals surface area contributed by atoms with Crippen LogP contribution in [0.4, 0.5) is 0 Å². The van der Waals surface area contributed by atoms with E-state index < -0.39 is 0 Å². The molecular formula is C11H14N2O. The van der Waals surface area contributed by atoms with E-state index in [9.17, 15) is 4.79 Å². The van der Waals surface area contributed by atoms with Crippen molar-refractivity contribution in [2.24, 2.45) is 5.92 Å². The number of pyridine rings is 1. The van der Waals surface area contributed by atoms with Gasteiger partial charge in [0.05, 0.1) is 5.56 Å². The van der Waals surface area contributed by atoms with Crippen molar-refractivity contribution in [3.63, 3.8) is 0 Å². The molecule has 0 radical (unpaired) electrons. The van der Waals surface area contributed by atoms with Crippen LogP contribution in [0.15, 0.2) is 18.5 Å². The van der Waals surface area contributed by atoms with Gasteiger partial charge in [-0.2, -0.15) is 0 Å². The molecule has 0 unspecified atom stereocenters. The predicted molar refractivity (Wildman–Crippen MR) is 54.0 cm³/mol. The topological polar surface area (TPSA) is 33.2 Å². The van der Waals surface area contributed by atoms with Crippen LogP contribution in [0.3, 0.4) is 0 Å². The minimum atomic E-state index is 0.110. The van der Waals surface area contributed by atoms with E-state index >= 15 is 0 Å². The highest BCUT2D eigenvalue weighted by molar-refractivity contribution is 5.94. The van der Waals surface area contributed by atoms with Crippen LogP contribution < -0.4 is 0 Å². The van der Waals surface area contributed by atoms with Crippen molar-refractivity contribution in [3.8, 4) is 0 Å². The number of aromatic nitrogens is 1. The Balaban J connectivity index is 2.12. The second kappa shape index (κ2) is 3.40. The minimum absolute atomic E-state index is 0.110. The zero-order valence-corrected chi connectivity index (χ0v) is 8.53. The monoisotopic (exact) mass is 190 g/mol. The lowest BCUT2D eigenvalue weighted by Gasteiger charge is -2.37. The van der Waals surface area contributed by atoms with Gasteiger partial charge in [0.25, 0.3) is 5.91 Å². The average molecular weight is 190 g/mol. The molecule has 1 amide bonds. The van der Waals surface area contributed by atoms with Crippen molar-refractivity contribution in [3.05, 3.63) is 29.6 Å². The first-order valence-corrected chi connectivity index (χ1v) is 4.88. The lowest BCUT2D eigenvalue weighted by molar-refractivity contribution is 0.0530. The van der Waals surface area contributed by atoms with Crippen LogP contribution in [-0.4, -0.2) is 28.9 Å². The predicted octanol–water partition coefficient (Wildman–Crippen LogP) is 1.48. The molecule has 0 atom stereocenters. The fourth-order valence-corrected chi connectivity index (χ4v) is 1.72. The highest BCUT2D eigenvalue weighted by Crippen LogP contribution is 2.17. The first-order chi connectivity index (χ1) is 6.66. The van der Waals surface area contributed by atoms with Gasteiger partial charge in [-0.3, -0.25) is 9.78 Å². The zero-order valence-electron chi connectivity index (χ0n) is 8.53. The third-order valence-corrected chi connectivity index (χ3v) is 2.47. The summed E-state index contributed by atoms with van der Waals surface area (Å²) in [5.74, 6) is 0.760. The molecule has 74 valence electrons. The van der Waals surface area contributed by atoms with E-state index in [-0.39, 0.29) is 5.91 Å². The zero-order chi connectivity index (χ0) is 10.1. The molecule has 1 aliphatic heterocycles. The van der Waals surface area contributed by atoms with Crippen molar-refractivity contribution in [2.75, 3.05) is 13.1 Å². The molecule has 2 rings (SSSR count). The summed E-state index contributed by atoms with van der Waals surface area (Å²) in [5, 5.41) is 0. The normalized spacial score (nSPS) is 16.6. The number of carbonyl (C=O) groups is 1. The highest BCUT2D eigenvalue weighted by atomic mass is 16.2. The fourth-order valence-electron chi connectivity index (χ4n) is 1.72. The Labute approximate surface area is 83.8 Å². The summed E-state index contributed by atoms with van der Waals surface area (Å²) in [7, 11) is 0. The summed E-state index contributed by atoms with van der Waals surface area (Å²) in [4.78, 5) is 17.7. The molecule has 0 saturated carbocycles. The van der Waals surface area contributed by atoms with Gasteiger partial charge < -0.3 is 4.90 Å². The maximum Gasteiger partial charge on any atom is 0.255 e. The van der Waals surface area contributed by atoms with Crippen LogP contribution >= 0.6 is 0 Å². The SMILES string of the molecule is Cc1cncc(C(=O)N2CC(C)C2)c1. The van der Waals surface area contributed by atoms with Gasteiger partial charge in [0.1, 0.15) is 0 Å². The Kier molecular flexibility index (Phi) is 2.23. The van der Waals surface area contributed by atoms with Gasteiger partial charge in [-0.1, -0.05) is 6.92 Å². The summed E-state index contributed by atoms with van der Waals surface area (Å²) in [6, 6.07) is 1.89. The molecule has 1 aromatic rings. The number of hydrogen-bond acceptors (Lipinski definition) is 2. The first kappa shape index (κ1) is 9.19. The summed E-state index contributed by atoms with van der Waals surface area (Å²) in [5.41, 5.74) is 1.74. The molecule has 14 heavy (non-hydrogen) atoms. The Hall–Kier alpha value is -1.38. The number of carbonyl (C=O) groups excluding carboxylic acids is 1. The Morgan fingerprint density at radius 3 is 2.79 bits per heavy atom. The van der Waals surface area contributed by atoms with Crippen molar-refractivity contribution < 1.29 is 4.79 Å². The van der Waals surface area contributed by atoms with E-state index in [1.54, 1.807) is 12.4 Å². The van der Waals surface area contributed by atoms with Crippen molar-refractivity contribution in [1.29, 1.82) is 0 Å². The van der Waals surface area contributed by atoms with E-state index in [0.29, 0.717) is 11.5 Å². The van der Waals surface area contributed by atoms with E-state index in [4.69, 9.17) is 0 Å². The van der Waals surface area contributed by atoms with E-state index in [2.05, 4.69) is 11.9 Å². The third kappa shape index (κ3) is 1.62. The number of nitrogens with zero attached hydrogens (tertiary/aromatic N) is 2. The molecule has 0 N–H and O–H groups in total. The summed E-state index contributed by atoms with van der Waals surface area (Å²) in [6.45, 7) is 5.86. The Bertz CT molecular complexity index is 356. The van der Waals surface area contributed by atoms with Gasteiger partial charge in [-0.05, 0) is 24.5 Å². The second-order valence-corrected chi connectivity index (χ2v) is 4.07. The van der Waals surface area contributed by atoms with Crippen LogP contribution in [0.1, 0.15) is 22.8 Å². The summed E-state index contributed by atoms with van der Waals surface area (Å²) >= 11 is 0. The maximum absolute atomic E-state index is 11.8. The maximum atomic E-state index is 11.8. The largest absolute Gasteiger partial charge is 0.338 e. The van der Waals surface area contributed by atoms with Crippen LogP contribution in [0.2, 0.25) is 0 Å². The highest BCUT2D eigenvalue weighted by Gasteiger charge is 2.27. The number of amides is 1. The molecule has 0 aliphatic carbocycles. The molecule has 1 saturated heterocycles. The molecule has 0 spiro atoms. The van der Waals surface area contributed by atoms with Gasteiger partial charge in [0.15, 0.2) is 0 Å². The lowest BCUT2D eigenvalue weighted by atomic mass is 10.0. The quantitative estimate of drug-likeness (QED) is 0.672. The molecule has 1 aliphatic rings. The molecular weight excluding hydrogens is 176 g/mol. The minimum Gasteiger partial charge on any atom is -0.338 e. The molecule has 3 nitrogen and oxygen atoms in total. The Morgan fingerprint density at radius 2 is 2.21 bits per heavy atom. The molecule has 2 heterocycles. The van der Waals surface area contributed by atoms with Crippen molar-refractivity contribution in [1.82, 2.24) is 9.88 Å². The third-order valence-electron chi connectivity index (χ3n) is 2.47. The van der Waals surface area contributed by atoms with Gasteiger partial charge in [-0.15, -0.1) is 0 Å². The molecule has 0 bridgehead atoms. The average Bonchev–Trinajstić information content (AvgIpc) is 2.12. The van der Waals surface area contributed by atoms with Gasteiger partial charge in [-0.25, -0.2) is 0 Å². The van der Waals surface area contributed by atoms with E-state index in [1.165, 1.54) is 0 Å². The number of rotatable bonds is 1. The standard InChI is InChI=1S/C11H14N2O/c1-8-3-10(5-12-4-8)11(14)13-6-9(2)7-13/h3-5,9H,6-7H2,1-2H3. The number of hydrogen-bond donors (Lipinski definition) is 0. The van der Waals surface area contributed by atoms with Gasteiger partial charge in [0, 0.05) is 25.5 Å². The molecule has 1 aromatic heterocycles. The van der Waals surface area contributed by atoms with Gasteiger partial charge in [0.2, 0.25) is 0 Å². The summed E-state index contributed by atoms with van der Waals surface area (Å²) in [6.07, 6.45) is 3.40. The van der Waals surface area contributed by atoms with Crippen LogP contribution in [0.5, 0.6) is 0 Å². The number of likely N-dealkylation sites (tertiary alicyclic amines) is 1. The van der Waals surface area contributed by atoms with Crippen LogP contribution in [-0.2, 0) is 0 Å². The second-order valence-electron chi connectivity index (χ2n) is 4.07. The fraction of sp³-hybridized carbons (Fsp3) is 0.455. The van der Waals surface area contributed by atoms with E-state index in [0.717, 1.165) is 18.7 Å². The Morgan fingerprint density at radius 1 is 1.50 bits per heavy atom. The van der Waals surface area contributed by atoms with Gasteiger partial charge >= 0.3 is 0 Å². The van der Waals surface area contributed by atoms with Crippen molar-refractivity contribution >= 4 is 5.91 Å². The lowest BCUT2D eigenvalue weighted by Crippen LogP contribution is -2.48. The first-order valence-electron chi connectivity index (χ1n) is 4.88.